The van der Waals surface area contributed by atoms with Gasteiger partial charge in [-0.2, -0.15) is 0 Å². The molecule has 0 fully saturated rings. The molecule has 1 heterocycles. The third-order valence-corrected chi connectivity index (χ3v) is 1.42. The highest BCUT2D eigenvalue weighted by Crippen LogP contribution is 2.02. The Morgan fingerprint density at radius 2 is 1.86 bits per heavy atom. The number of halogens is 2. The van der Waals surface area contributed by atoms with Gasteiger partial charge in [0.05, 0.1) is 4.47 Å². The van der Waals surface area contributed by atoms with Gasteiger partial charge in [0, 0.05) is 10.8 Å². The molecule has 6 nitrogen and oxygen atoms in total. The van der Waals surface area contributed by atoms with Crippen LogP contribution in [0.2, 0.25) is 0 Å². The molecule has 0 spiro atoms. The van der Waals surface area contributed by atoms with Crippen LogP contribution in [0.3, 0.4) is 0 Å². The van der Waals surface area contributed by atoms with Crippen LogP contribution in [0, 0.1) is 10.2 Å². The number of hydrogen-bond acceptors (Lipinski definition) is 5. The Morgan fingerprint density at radius 1 is 1.36 bits per heavy atom. The van der Waals surface area contributed by atoms with Gasteiger partial charge in [-0.15, -0.1) is 10.2 Å². The van der Waals surface area contributed by atoms with Crippen molar-refractivity contribution in [3.05, 3.63) is 29.0 Å². The fourth-order valence-corrected chi connectivity index (χ4v) is 0.895. The molecule has 0 bridgehead atoms. The fraction of sp³-hybridized carbons (Fsp3) is 0.167. The van der Waals surface area contributed by atoms with Crippen molar-refractivity contribution < 1.29 is 38.4 Å². The van der Waals surface area contributed by atoms with E-state index in [0.29, 0.717) is 0 Å². The van der Waals surface area contributed by atoms with Crippen LogP contribution >= 0.6 is 15.9 Å². The summed E-state index contributed by atoms with van der Waals surface area (Å²) >= 11 is 3.30. The second-order valence-electron chi connectivity index (χ2n) is 1.94. The monoisotopic (exact) mass is 287 g/mol. The molecule has 0 aliphatic rings. The smallest absolute Gasteiger partial charge is 0.236 e. The summed E-state index contributed by atoms with van der Waals surface area (Å²) in [5.41, 5.74) is 0. The standard InChI is InChI=1S/C6H7BrNO.ClHO4/c1-9-8-4-2-3-6(7)5-8;2-1(3,4)5/h2-5H,1H3;(H,2,3,4,5)/q+1;/p-1. The normalized spacial score (nSPS) is 10.1. The Morgan fingerprint density at radius 3 is 2.14 bits per heavy atom. The largest absolute Gasteiger partial charge is 0.275 e. The summed E-state index contributed by atoms with van der Waals surface area (Å²) in [7, 11) is -3.33. The first-order valence-electron chi connectivity index (χ1n) is 3.16. The number of hydrogen-bond donors (Lipinski definition) is 0. The van der Waals surface area contributed by atoms with Gasteiger partial charge in [-0.1, -0.05) is 0 Å². The van der Waals surface area contributed by atoms with Crippen molar-refractivity contribution in [2.45, 2.75) is 0 Å². The molecular formula is C6H7BrClNO5. The van der Waals surface area contributed by atoms with Crippen molar-refractivity contribution in [1.29, 1.82) is 0 Å². The predicted octanol–water partition coefficient (Wildman–Crippen LogP) is -3.96. The molecule has 0 aliphatic heterocycles. The Kier molecular flexibility index (Phi) is 5.93. The summed E-state index contributed by atoms with van der Waals surface area (Å²) in [6.07, 6.45) is 3.66. The van der Waals surface area contributed by atoms with Crippen LogP contribution in [0.15, 0.2) is 29.0 Å². The first kappa shape index (κ1) is 13.6. The molecule has 0 aliphatic carbocycles. The van der Waals surface area contributed by atoms with Gasteiger partial charge in [0.2, 0.25) is 12.4 Å². The summed E-state index contributed by atoms with van der Waals surface area (Å²) in [6.45, 7) is 0. The van der Waals surface area contributed by atoms with E-state index in [9.17, 15) is 0 Å². The van der Waals surface area contributed by atoms with E-state index in [1.54, 1.807) is 11.8 Å². The second-order valence-corrected chi connectivity index (χ2v) is 3.61. The number of aromatic nitrogens is 1. The number of rotatable bonds is 1. The minimum Gasteiger partial charge on any atom is -0.275 e. The number of nitrogens with zero attached hydrogens (tertiary/aromatic N) is 1. The van der Waals surface area contributed by atoms with E-state index < -0.39 is 10.2 Å². The highest BCUT2D eigenvalue weighted by Gasteiger charge is 1.96. The highest BCUT2D eigenvalue weighted by molar-refractivity contribution is 9.10. The molecule has 0 atom stereocenters. The zero-order valence-corrected chi connectivity index (χ0v) is 9.40. The van der Waals surface area contributed by atoms with Crippen LogP contribution < -0.4 is 28.2 Å². The second kappa shape index (κ2) is 6.12. The van der Waals surface area contributed by atoms with Crippen molar-refractivity contribution in [1.82, 2.24) is 0 Å². The molecule has 0 saturated heterocycles. The molecule has 1 aromatic heterocycles. The molecule has 8 heteroatoms. The lowest BCUT2D eigenvalue weighted by molar-refractivity contribution is -2.00. The van der Waals surface area contributed by atoms with Crippen molar-refractivity contribution in [2.24, 2.45) is 0 Å². The van der Waals surface area contributed by atoms with E-state index in [1.165, 1.54) is 0 Å². The van der Waals surface area contributed by atoms with E-state index in [4.69, 9.17) is 23.5 Å². The van der Waals surface area contributed by atoms with Gasteiger partial charge >= 0.3 is 0 Å². The van der Waals surface area contributed by atoms with E-state index in [-0.39, 0.29) is 0 Å². The molecule has 0 amide bonds. The zero-order valence-electron chi connectivity index (χ0n) is 7.05. The molecule has 0 saturated carbocycles. The average molecular weight is 288 g/mol. The Labute approximate surface area is 90.8 Å². The van der Waals surface area contributed by atoms with Crippen LogP contribution in [0.4, 0.5) is 0 Å². The maximum absolute atomic E-state index is 8.49. The summed E-state index contributed by atoms with van der Waals surface area (Å²) in [6, 6.07) is 3.84. The summed E-state index contributed by atoms with van der Waals surface area (Å²) < 4.78 is 36.6. The third-order valence-electron chi connectivity index (χ3n) is 0.950. The molecule has 0 N–H and O–H groups in total. The molecule has 1 aromatic rings. The quantitative estimate of drug-likeness (QED) is 0.490. The van der Waals surface area contributed by atoms with Crippen molar-refractivity contribution >= 4 is 15.9 Å². The molecule has 80 valence electrons. The number of pyridine rings is 1. The fourth-order valence-electron chi connectivity index (χ4n) is 0.541. The molecule has 0 unspecified atom stereocenters. The van der Waals surface area contributed by atoms with Crippen LogP contribution in [0.25, 0.3) is 0 Å². The lowest BCUT2D eigenvalue weighted by atomic mass is 10.5. The molecule has 14 heavy (non-hydrogen) atoms. The van der Waals surface area contributed by atoms with Gasteiger partial charge in [-0.3, -0.25) is 4.84 Å². The van der Waals surface area contributed by atoms with Crippen LogP contribution in [-0.2, 0) is 0 Å². The van der Waals surface area contributed by atoms with E-state index in [1.807, 2.05) is 24.5 Å². The van der Waals surface area contributed by atoms with Gasteiger partial charge in [0.25, 0.3) is 0 Å². The van der Waals surface area contributed by atoms with Crippen molar-refractivity contribution in [3.63, 3.8) is 0 Å². The lowest BCUT2D eigenvalue weighted by Gasteiger charge is -2.17. The highest BCUT2D eigenvalue weighted by atomic mass is 79.9. The third kappa shape index (κ3) is 9.65. The molecule has 0 radical (unpaired) electrons. The first-order valence-corrected chi connectivity index (χ1v) is 5.18. The first-order chi connectivity index (χ1) is 6.33. The minimum absolute atomic E-state index is 1.01. The summed E-state index contributed by atoms with van der Waals surface area (Å²) in [5, 5.41) is 0. The Bertz CT molecular complexity index is 273. The maximum atomic E-state index is 8.49. The van der Waals surface area contributed by atoms with Crippen molar-refractivity contribution in [2.75, 3.05) is 7.11 Å². The predicted molar refractivity (Wildman–Crippen MR) is 36.8 cm³/mol. The van der Waals surface area contributed by atoms with Crippen LogP contribution in [0.1, 0.15) is 0 Å². The van der Waals surface area contributed by atoms with Gasteiger partial charge < -0.3 is 0 Å². The average Bonchev–Trinajstić information content (AvgIpc) is 2.01. The topological polar surface area (TPSA) is 105 Å². The molecule has 0 aromatic carbocycles. The Hall–Kier alpha value is -0.440. The van der Waals surface area contributed by atoms with Crippen LogP contribution in [-0.4, -0.2) is 7.11 Å². The van der Waals surface area contributed by atoms with Crippen LogP contribution in [0.5, 0.6) is 0 Å². The summed E-state index contributed by atoms with van der Waals surface area (Å²) in [5.74, 6) is 0. The van der Waals surface area contributed by atoms with Gasteiger partial charge in [-0.05, 0) is 22.0 Å². The molecule has 1 rings (SSSR count). The molecular weight excluding hydrogens is 281 g/mol. The van der Waals surface area contributed by atoms with E-state index in [0.717, 1.165) is 4.47 Å². The van der Waals surface area contributed by atoms with Gasteiger partial charge in [0.1, 0.15) is 7.11 Å². The maximum Gasteiger partial charge on any atom is 0.236 e. The zero-order chi connectivity index (χ0) is 11.2. The summed E-state index contributed by atoms with van der Waals surface area (Å²) in [4.78, 5) is 4.88. The SMILES string of the molecule is CO[n+]1cccc(Br)c1.[O-][Cl+3]([O-])([O-])[O-]. The van der Waals surface area contributed by atoms with Gasteiger partial charge in [0.15, 0.2) is 0 Å². The van der Waals surface area contributed by atoms with Crippen molar-refractivity contribution in [3.8, 4) is 0 Å². The van der Waals surface area contributed by atoms with Gasteiger partial charge in [-0.25, -0.2) is 18.6 Å². The van der Waals surface area contributed by atoms with E-state index in [2.05, 4.69) is 15.9 Å². The minimum atomic E-state index is -4.94. The lowest BCUT2D eigenvalue weighted by Crippen LogP contribution is -2.68. The Balaban J connectivity index is 0.000000292. The van der Waals surface area contributed by atoms with E-state index >= 15 is 0 Å².